The van der Waals surface area contributed by atoms with Crippen LogP contribution in [0.3, 0.4) is 0 Å². The summed E-state index contributed by atoms with van der Waals surface area (Å²) < 4.78 is 4.84. The Balaban J connectivity index is 2.59. The Kier molecular flexibility index (Phi) is 3.02. The molecular weight excluding hydrogens is 154 g/mol. The fraction of sp³-hybridized carbons (Fsp3) is 0.556. The Bertz CT molecular complexity index is 241. The van der Waals surface area contributed by atoms with Crippen molar-refractivity contribution in [1.29, 1.82) is 0 Å². The third-order valence-corrected chi connectivity index (χ3v) is 1.73. The summed E-state index contributed by atoms with van der Waals surface area (Å²) in [6.45, 7) is 4.19. The second kappa shape index (κ2) is 4.04. The van der Waals surface area contributed by atoms with Crippen molar-refractivity contribution >= 4 is 11.7 Å². The smallest absolute Gasteiger partial charge is 0.335 e. The van der Waals surface area contributed by atoms with Crippen molar-refractivity contribution in [3.8, 4) is 0 Å². The average Bonchev–Trinajstić information content (AvgIpc) is 2.06. The highest BCUT2D eigenvalue weighted by Gasteiger charge is 2.13. The minimum absolute atomic E-state index is 0.228. The van der Waals surface area contributed by atoms with Gasteiger partial charge in [0, 0.05) is 11.9 Å². The first-order valence-electron chi connectivity index (χ1n) is 4.13. The SMILES string of the molecule is CCOC(=O)C1=CN=C(C)CC1. The van der Waals surface area contributed by atoms with Crippen LogP contribution < -0.4 is 0 Å². The van der Waals surface area contributed by atoms with Gasteiger partial charge >= 0.3 is 5.97 Å². The molecule has 0 spiro atoms. The third-order valence-electron chi connectivity index (χ3n) is 1.73. The molecule has 0 radical (unpaired) electrons. The molecule has 0 aromatic heterocycles. The predicted octanol–water partition coefficient (Wildman–Crippen LogP) is 1.69. The predicted molar refractivity (Wildman–Crippen MR) is 47.1 cm³/mol. The molecule has 66 valence electrons. The molecule has 0 aromatic rings. The van der Waals surface area contributed by atoms with Crippen LogP contribution in [0, 0.1) is 0 Å². The van der Waals surface area contributed by atoms with E-state index in [0.29, 0.717) is 12.2 Å². The molecule has 1 aliphatic rings. The van der Waals surface area contributed by atoms with Gasteiger partial charge in [-0.2, -0.15) is 0 Å². The van der Waals surface area contributed by atoms with Gasteiger partial charge in [-0.05, 0) is 26.7 Å². The number of hydrogen-bond donors (Lipinski definition) is 0. The largest absolute Gasteiger partial charge is 0.463 e. The van der Waals surface area contributed by atoms with Crippen molar-refractivity contribution in [1.82, 2.24) is 0 Å². The van der Waals surface area contributed by atoms with E-state index < -0.39 is 0 Å². The summed E-state index contributed by atoms with van der Waals surface area (Å²) in [4.78, 5) is 15.2. The molecule has 0 aliphatic carbocycles. The number of hydrogen-bond acceptors (Lipinski definition) is 3. The van der Waals surface area contributed by atoms with Crippen LogP contribution in [0.4, 0.5) is 0 Å². The van der Waals surface area contributed by atoms with Gasteiger partial charge in [-0.1, -0.05) is 0 Å². The Labute approximate surface area is 72.1 Å². The lowest BCUT2D eigenvalue weighted by molar-refractivity contribution is -0.138. The highest BCUT2D eigenvalue weighted by molar-refractivity contribution is 5.92. The maximum atomic E-state index is 11.1. The van der Waals surface area contributed by atoms with Gasteiger partial charge in [-0.3, -0.25) is 4.99 Å². The molecule has 1 heterocycles. The van der Waals surface area contributed by atoms with Gasteiger partial charge in [-0.25, -0.2) is 4.79 Å². The number of esters is 1. The van der Waals surface area contributed by atoms with E-state index in [4.69, 9.17) is 4.74 Å². The van der Waals surface area contributed by atoms with E-state index in [0.717, 1.165) is 18.6 Å². The quantitative estimate of drug-likeness (QED) is 0.587. The van der Waals surface area contributed by atoms with Crippen LogP contribution in [-0.4, -0.2) is 18.3 Å². The minimum atomic E-state index is -0.228. The number of aliphatic imine (C=N–C) groups is 1. The number of carbonyl (C=O) groups excluding carboxylic acids is 1. The van der Waals surface area contributed by atoms with E-state index in [9.17, 15) is 4.79 Å². The zero-order valence-corrected chi connectivity index (χ0v) is 7.46. The van der Waals surface area contributed by atoms with Crippen LogP contribution in [-0.2, 0) is 9.53 Å². The summed E-state index contributed by atoms with van der Waals surface area (Å²) in [6.07, 6.45) is 3.23. The maximum absolute atomic E-state index is 11.1. The van der Waals surface area contributed by atoms with E-state index in [-0.39, 0.29) is 5.97 Å². The van der Waals surface area contributed by atoms with Crippen molar-refractivity contribution in [3.05, 3.63) is 11.8 Å². The van der Waals surface area contributed by atoms with Gasteiger partial charge in [0.1, 0.15) is 0 Å². The molecule has 0 N–H and O–H groups in total. The van der Waals surface area contributed by atoms with E-state index in [2.05, 4.69) is 4.99 Å². The molecule has 1 aliphatic heterocycles. The maximum Gasteiger partial charge on any atom is 0.335 e. The van der Waals surface area contributed by atoms with Crippen molar-refractivity contribution in [2.75, 3.05) is 6.61 Å². The summed E-state index contributed by atoms with van der Waals surface area (Å²) >= 11 is 0. The second-order valence-corrected chi connectivity index (χ2v) is 2.74. The van der Waals surface area contributed by atoms with Crippen LogP contribution in [0.15, 0.2) is 16.8 Å². The highest BCUT2D eigenvalue weighted by atomic mass is 16.5. The first-order valence-corrected chi connectivity index (χ1v) is 4.13. The first kappa shape index (κ1) is 8.97. The molecule has 0 atom stereocenters. The molecule has 1 rings (SSSR count). The first-order chi connectivity index (χ1) is 5.74. The van der Waals surface area contributed by atoms with Gasteiger partial charge < -0.3 is 4.74 Å². The molecule has 3 nitrogen and oxygen atoms in total. The molecule has 0 aromatic carbocycles. The van der Waals surface area contributed by atoms with Crippen molar-refractivity contribution in [3.63, 3.8) is 0 Å². The normalized spacial score (nSPS) is 16.5. The zero-order valence-electron chi connectivity index (χ0n) is 7.46. The van der Waals surface area contributed by atoms with Crippen molar-refractivity contribution < 1.29 is 9.53 Å². The summed E-state index contributed by atoms with van der Waals surface area (Å²) in [5, 5.41) is 0. The number of rotatable bonds is 2. The Hall–Kier alpha value is -1.12. The Morgan fingerprint density at radius 3 is 2.92 bits per heavy atom. The summed E-state index contributed by atoms with van der Waals surface area (Å²) in [5.41, 5.74) is 1.76. The van der Waals surface area contributed by atoms with Crippen LogP contribution in [0.5, 0.6) is 0 Å². The monoisotopic (exact) mass is 167 g/mol. The van der Waals surface area contributed by atoms with E-state index in [1.54, 1.807) is 13.1 Å². The Morgan fingerprint density at radius 2 is 2.42 bits per heavy atom. The fourth-order valence-electron chi connectivity index (χ4n) is 1.01. The Morgan fingerprint density at radius 1 is 1.67 bits per heavy atom. The summed E-state index contributed by atoms with van der Waals surface area (Å²) in [6, 6.07) is 0. The topological polar surface area (TPSA) is 38.7 Å². The molecule has 0 bridgehead atoms. The number of nitrogens with zero attached hydrogens (tertiary/aromatic N) is 1. The lowest BCUT2D eigenvalue weighted by Crippen LogP contribution is -2.11. The van der Waals surface area contributed by atoms with Crippen molar-refractivity contribution in [2.45, 2.75) is 26.7 Å². The van der Waals surface area contributed by atoms with Gasteiger partial charge in [-0.15, -0.1) is 0 Å². The highest BCUT2D eigenvalue weighted by Crippen LogP contribution is 2.13. The lowest BCUT2D eigenvalue weighted by Gasteiger charge is -2.09. The molecular formula is C9H13NO2. The van der Waals surface area contributed by atoms with Crippen molar-refractivity contribution in [2.24, 2.45) is 4.99 Å². The van der Waals surface area contributed by atoms with Crippen LogP contribution in [0.1, 0.15) is 26.7 Å². The molecule has 0 fully saturated rings. The van der Waals surface area contributed by atoms with Crippen LogP contribution in [0.2, 0.25) is 0 Å². The molecule has 12 heavy (non-hydrogen) atoms. The molecule has 0 amide bonds. The fourth-order valence-corrected chi connectivity index (χ4v) is 1.01. The van der Waals surface area contributed by atoms with Crippen LogP contribution in [0.25, 0.3) is 0 Å². The second-order valence-electron chi connectivity index (χ2n) is 2.74. The molecule has 0 unspecified atom stereocenters. The van der Waals surface area contributed by atoms with Gasteiger partial charge in [0.15, 0.2) is 0 Å². The average molecular weight is 167 g/mol. The van der Waals surface area contributed by atoms with E-state index >= 15 is 0 Å². The molecule has 0 saturated carbocycles. The molecule has 0 saturated heterocycles. The summed E-state index contributed by atoms with van der Waals surface area (Å²) in [5.74, 6) is -0.228. The zero-order chi connectivity index (χ0) is 8.97. The van der Waals surface area contributed by atoms with Crippen LogP contribution >= 0.6 is 0 Å². The standard InChI is InChI=1S/C9H13NO2/c1-3-12-9(11)8-5-4-7(2)10-6-8/h6H,3-5H2,1-2H3. The number of carbonyl (C=O) groups is 1. The van der Waals surface area contributed by atoms with Gasteiger partial charge in [0.25, 0.3) is 0 Å². The molecule has 3 heteroatoms. The third kappa shape index (κ3) is 2.19. The van der Waals surface area contributed by atoms with Gasteiger partial charge in [0.2, 0.25) is 0 Å². The summed E-state index contributed by atoms with van der Waals surface area (Å²) in [7, 11) is 0. The lowest BCUT2D eigenvalue weighted by atomic mass is 10.1. The number of ether oxygens (including phenoxy) is 1. The van der Waals surface area contributed by atoms with Gasteiger partial charge in [0.05, 0.1) is 12.2 Å². The van der Waals surface area contributed by atoms with E-state index in [1.165, 1.54) is 0 Å². The minimum Gasteiger partial charge on any atom is -0.463 e. The van der Waals surface area contributed by atoms with E-state index in [1.807, 2.05) is 6.92 Å².